The molecule has 5 nitrogen and oxygen atoms in total. The molecule has 40 heavy (non-hydrogen) atoms. The lowest BCUT2D eigenvalue weighted by atomic mass is 9.84. The quantitative estimate of drug-likeness (QED) is 0.343. The van der Waals surface area contributed by atoms with Crippen LogP contribution in [0.4, 0.5) is 8.78 Å². The number of carboxylic acid groups (broad SMARTS) is 1. The van der Waals surface area contributed by atoms with Crippen LogP contribution in [0.5, 0.6) is 0 Å². The Hall–Kier alpha value is -3.13. The maximum Gasteiger partial charge on any atom is 0.325 e. The first-order valence-electron chi connectivity index (χ1n) is 14.3. The van der Waals surface area contributed by atoms with Crippen molar-refractivity contribution in [2.45, 2.75) is 49.7 Å². The number of halogens is 2. The summed E-state index contributed by atoms with van der Waals surface area (Å²) in [6, 6.07) is 23.2. The Morgan fingerprint density at radius 3 is 2.25 bits per heavy atom. The molecule has 3 aromatic carbocycles. The van der Waals surface area contributed by atoms with Gasteiger partial charge in [0, 0.05) is 38.6 Å². The number of benzene rings is 3. The summed E-state index contributed by atoms with van der Waals surface area (Å²) in [5.41, 5.74) is 2.02. The van der Waals surface area contributed by atoms with Crippen LogP contribution in [0, 0.1) is 17.6 Å². The molecule has 2 heterocycles. The summed E-state index contributed by atoms with van der Waals surface area (Å²) in [7, 11) is 0. The molecule has 0 bridgehead atoms. The van der Waals surface area contributed by atoms with Crippen molar-refractivity contribution in [3.8, 4) is 0 Å². The summed E-state index contributed by atoms with van der Waals surface area (Å²) in [5, 5.41) is 21.4. The number of hydrogen-bond acceptors (Lipinski definition) is 4. The van der Waals surface area contributed by atoms with Gasteiger partial charge in [-0.2, -0.15) is 0 Å². The van der Waals surface area contributed by atoms with Crippen molar-refractivity contribution in [2.75, 3.05) is 32.7 Å². The zero-order valence-electron chi connectivity index (χ0n) is 22.8. The number of carboxylic acids is 1. The molecule has 3 atom stereocenters. The smallest absolute Gasteiger partial charge is 0.325 e. The molecule has 2 aliphatic rings. The molecule has 0 aliphatic carbocycles. The lowest BCUT2D eigenvalue weighted by molar-refractivity contribution is -0.143. The van der Waals surface area contributed by atoms with Crippen LogP contribution in [-0.2, 0) is 11.2 Å². The van der Waals surface area contributed by atoms with Gasteiger partial charge in [-0.3, -0.25) is 9.69 Å². The van der Waals surface area contributed by atoms with Crippen LogP contribution in [0.15, 0.2) is 78.9 Å². The number of hydrogen-bond donors (Lipinski definition) is 2. The highest BCUT2D eigenvalue weighted by molar-refractivity contribution is 5.75. The van der Waals surface area contributed by atoms with Gasteiger partial charge in [0.2, 0.25) is 0 Å². The van der Waals surface area contributed by atoms with Crippen molar-refractivity contribution in [2.24, 2.45) is 5.92 Å². The molecule has 2 aliphatic heterocycles. The molecule has 7 heteroatoms. The van der Waals surface area contributed by atoms with Gasteiger partial charge in [-0.05, 0) is 66.8 Å². The van der Waals surface area contributed by atoms with Crippen LogP contribution in [0.2, 0.25) is 0 Å². The Labute approximate surface area is 235 Å². The molecule has 5 rings (SSSR count). The SMILES string of the molecule is O=C(O)C(c1ccccc1)N1CC(CN2CCC(O)(CCCc3ccc(F)c(F)c3)CC2)C(c2ccccc2)C1. The summed E-state index contributed by atoms with van der Waals surface area (Å²) in [4.78, 5) is 16.9. The van der Waals surface area contributed by atoms with Crippen molar-refractivity contribution in [3.63, 3.8) is 0 Å². The van der Waals surface area contributed by atoms with Crippen LogP contribution in [0.3, 0.4) is 0 Å². The fraction of sp³-hybridized carbons (Fsp3) is 0.424. The third-order valence-electron chi connectivity index (χ3n) is 8.78. The minimum absolute atomic E-state index is 0.226. The van der Waals surface area contributed by atoms with Crippen LogP contribution >= 0.6 is 0 Å². The van der Waals surface area contributed by atoms with E-state index in [1.807, 2.05) is 48.5 Å². The van der Waals surface area contributed by atoms with Gasteiger partial charge in [-0.15, -0.1) is 0 Å². The van der Waals surface area contributed by atoms with Gasteiger partial charge in [0.15, 0.2) is 11.6 Å². The maximum atomic E-state index is 13.5. The first-order valence-corrected chi connectivity index (χ1v) is 14.3. The highest BCUT2D eigenvalue weighted by Crippen LogP contribution is 2.39. The maximum absolute atomic E-state index is 13.5. The van der Waals surface area contributed by atoms with Gasteiger partial charge in [0.05, 0.1) is 5.60 Å². The number of aliphatic carboxylic acids is 1. The Morgan fingerprint density at radius 2 is 1.60 bits per heavy atom. The summed E-state index contributed by atoms with van der Waals surface area (Å²) in [5.74, 6) is -2.00. The van der Waals surface area contributed by atoms with Crippen molar-refractivity contribution >= 4 is 5.97 Å². The van der Waals surface area contributed by atoms with E-state index in [1.165, 1.54) is 11.6 Å². The molecule has 2 N–H and O–H groups in total. The number of likely N-dealkylation sites (tertiary alicyclic amines) is 2. The Balaban J connectivity index is 1.20. The molecule has 3 unspecified atom stereocenters. The molecular weight excluding hydrogens is 510 g/mol. The van der Waals surface area contributed by atoms with Crippen molar-refractivity contribution in [1.82, 2.24) is 9.80 Å². The van der Waals surface area contributed by atoms with Gasteiger partial charge >= 0.3 is 5.97 Å². The largest absolute Gasteiger partial charge is 0.480 e. The lowest BCUT2D eigenvalue weighted by Gasteiger charge is -2.40. The second kappa shape index (κ2) is 12.6. The van der Waals surface area contributed by atoms with E-state index >= 15 is 0 Å². The molecular formula is C33H38F2N2O3. The lowest BCUT2D eigenvalue weighted by Crippen LogP contribution is -2.46. The van der Waals surface area contributed by atoms with E-state index in [0.29, 0.717) is 45.2 Å². The summed E-state index contributed by atoms with van der Waals surface area (Å²) in [6.07, 6.45) is 3.27. The predicted octanol–water partition coefficient (Wildman–Crippen LogP) is 5.66. The number of piperidine rings is 1. The minimum Gasteiger partial charge on any atom is -0.480 e. The average molecular weight is 549 g/mol. The summed E-state index contributed by atoms with van der Waals surface area (Å²) < 4.78 is 26.7. The molecule has 212 valence electrons. The first kappa shape index (κ1) is 28.4. The van der Waals surface area contributed by atoms with Crippen LogP contribution in [0.1, 0.15) is 54.3 Å². The van der Waals surface area contributed by atoms with E-state index in [1.54, 1.807) is 6.07 Å². The monoisotopic (exact) mass is 548 g/mol. The molecule has 0 saturated carbocycles. The van der Waals surface area contributed by atoms with E-state index in [9.17, 15) is 23.8 Å². The fourth-order valence-corrected chi connectivity index (χ4v) is 6.57. The molecule has 3 aromatic rings. The molecule has 2 saturated heterocycles. The molecule has 0 amide bonds. The van der Waals surface area contributed by atoms with Crippen LogP contribution < -0.4 is 0 Å². The van der Waals surface area contributed by atoms with E-state index in [2.05, 4.69) is 21.9 Å². The standard InChI is InChI=1S/C33H38F2N2O3/c34-29-14-13-24(20-30(29)35)8-7-15-33(40)16-18-36(19-17-33)21-27-22-37(23-28(27)25-9-3-1-4-10-25)31(32(38)39)26-11-5-2-6-12-26/h1-6,9-14,20,27-28,31,40H,7-8,15-19,21-23H2,(H,38,39). The van der Waals surface area contributed by atoms with Gasteiger partial charge in [0.25, 0.3) is 0 Å². The Kier molecular flexibility index (Phi) is 8.94. The average Bonchev–Trinajstić information content (AvgIpc) is 3.36. The highest BCUT2D eigenvalue weighted by Gasteiger charge is 2.41. The van der Waals surface area contributed by atoms with Gasteiger partial charge in [0.1, 0.15) is 6.04 Å². The van der Waals surface area contributed by atoms with Crippen molar-refractivity contribution in [1.29, 1.82) is 0 Å². The normalized spacial score (nSPS) is 22.3. The van der Waals surface area contributed by atoms with E-state index in [4.69, 9.17) is 0 Å². The molecule has 2 fully saturated rings. The Bertz CT molecular complexity index is 1270. The molecule has 0 radical (unpaired) electrons. The topological polar surface area (TPSA) is 64.0 Å². The molecule has 0 spiro atoms. The number of carbonyl (C=O) groups is 1. The first-order chi connectivity index (χ1) is 19.3. The second-order valence-electron chi connectivity index (χ2n) is 11.5. The van der Waals surface area contributed by atoms with Gasteiger partial charge < -0.3 is 15.1 Å². The number of aryl methyl sites for hydroxylation is 1. The fourth-order valence-electron chi connectivity index (χ4n) is 6.57. The predicted molar refractivity (Wildman–Crippen MR) is 151 cm³/mol. The zero-order chi connectivity index (χ0) is 28.1. The zero-order valence-corrected chi connectivity index (χ0v) is 22.8. The third kappa shape index (κ3) is 6.77. The van der Waals surface area contributed by atoms with Gasteiger partial charge in [-0.25, -0.2) is 8.78 Å². The number of aliphatic hydroxyl groups is 1. The van der Waals surface area contributed by atoms with E-state index in [-0.39, 0.29) is 11.8 Å². The van der Waals surface area contributed by atoms with Gasteiger partial charge in [-0.1, -0.05) is 66.7 Å². The highest BCUT2D eigenvalue weighted by atomic mass is 19.2. The van der Waals surface area contributed by atoms with Crippen molar-refractivity contribution in [3.05, 3.63) is 107 Å². The van der Waals surface area contributed by atoms with Crippen LogP contribution in [0.25, 0.3) is 0 Å². The molecule has 0 aromatic heterocycles. The third-order valence-corrected chi connectivity index (χ3v) is 8.78. The van der Waals surface area contributed by atoms with Crippen LogP contribution in [-0.4, -0.2) is 64.3 Å². The van der Waals surface area contributed by atoms with Crippen molar-refractivity contribution < 1.29 is 23.8 Å². The number of nitrogens with zero attached hydrogens (tertiary/aromatic N) is 2. The second-order valence-corrected chi connectivity index (χ2v) is 11.5. The summed E-state index contributed by atoms with van der Waals surface area (Å²) >= 11 is 0. The minimum atomic E-state index is -0.840. The Morgan fingerprint density at radius 1 is 0.925 bits per heavy atom. The van der Waals surface area contributed by atoms with E-state index < -0.39 is 29.2 Å². The number of rotatable bonds is 10. The van der Waals surface area contributed by atoms with E-state index in [0.717, 1.165) is 36.8 Å². The summed E-state index contributed by atoms with van der Waals surface area (Å²) in [6.45, 7) is 3.78.